The van der Waals surface area contributed by atoms with Crippen molar-refractivity contribution in [3.8, 4) is 0 Å². The molecule has 4 nitrogen and oxygen atoms in total. The van der Waals surface area contributed by atoms with Gasteiger partial charge in [0.1, 0.15) is 0 Å². The molecular weight excluding hydrogens is 180 g/mol. The Bertz CT molecular complexity index is 346. The number of hydrogen-bond donors (Lipinski definition) is 1. The lowest BCUT2D eigenvalue weighted by atomic mass is 9.91. The van der Waals surface area contributed by atoms with Crippen molar-refractivity contribution in [2.24, 2.45) is 0 Å². The van der Waals surface area contributed by atoms with Crippen molar-refractivity contribution < 1.29 is 9.59 Å². The van der Waals surface area contributed by atoms with Gasteiger partial charge >= 0.3 is 0 Å². The molecule has 1 saturated heterocycles. The van der Waals surface area contributed by atoms with E-state index in [1.807, 2.05) is 12.1 Å². The third-order valence-electron chi connectivity index (χ3n) is 2.30. The van der Waals surface area contributed by atoms with Crippen molar-refractivity contribution in [3.05, 3.63) is 30.1 Å². The van der Waals surface area contributed by atoms with Gasteiger partial charge < -0.3 is 0 Å². The minimum atomic E-state index is -0.199. The van der Waals surface area contributed by atoms with E-state index in [1.165, 1.54) is 0 Å². The largest absolute Gasteiger partial charge is 0.296 e. The molecule has 0 saturated carbocycles. The fourth-order valence-corrected chi connectivity index (χ4v) is 1.63. The summed E-state index contributed by atoms with van der Waals surface area (Å²) in [6, 6.07) is 3.70. The van der Waals surface area contributed by atoms with Crippen LogP contribution < -0.4 is 5.32 Å². The first-order valence-electron chi connectivity index (χ1n) is 4.48. The Balaban J connectivity index is 2.19. The van der Waals surface area contributed by atoms with Gasteiger partial charge in [0.15, 0.2) is 0 Å². The third-order valence-corrected chi connectivity index (χ3v) is 2.30. The number of pyridine rings is 1. The van der Waals surface area contributed by atoms with Crippen LogP contribution >= 0.6 is 0 Å². The molecule has 0 bridgehead atoms. The third kappa shape index (κ3) is 1.79. The van der Waals surface area contributed by atoms with Crippen LogP contribution in [0, 0.1) is 0 Å². The standard InChI is InChI=1S/C10H10N2O2/c13-9-4-8(5-10(14)12-9)7-2-1-3-11-6-7/h1-3,6,8H,4-5H2,(H,12,13,14). The molecule has 72 valence electrons. The summed E-state index contributed by atoms with van der Waals surface area (Å²) in [6.45, 7) is 0. The highest BCUT2D eigenvalue weighted by Gasteiger charge is 2.25. The Morgan fingerprint density at radius 2 is 2.00 bits per heavy atom. The molecule has 1 aromatic heterocycles. The van der Waals surface area contributed by atoms with Gasteiger partial charge in [-0.1, -0.05) is 6.07 Å². The number of rotatable bonds is 1. The summed E-state index contributed by atoms with van der Waals surface area (Å²) in [6.07, 6.45) is 4.12. The van der Waals surface area contributed by atoms with Crippen molar-refractivity contribution >= 4 is 11.8 Å². The SMILES string of the molecule is O=C1CC(c2cccnc2)CC(=O)N1. The summed E-state index contributed by atoms with van der Waals surface area (Å²) in [4.78, 5) is 26.2. The molecule has 4 heteroatoms. The highest BCUT2D eigenvalue weighted by molar-refractivity contribution is 5.98. The summed E-state index contributed by atoms with van der Waals surface area (Å²) in [7, 11) is 0. The summed E-state index contributed by atoms with van der Waals surface area (Å²) in [5, 5.41) is 2.28. The fraction of sp³-hybridized carbons (Fsp3) is 0.300. The maximum absolute atomic E-state index is 11.1. The van der Waals surface area contributed by atoms with E-state index in [2.05, 4.69) is 10.3 Å². The Labute approximate surface area is 81.3 Å². The van der Waals surface area contributed by atoms with Crippen molar-refractivity contribution in [1.29, 1.82) is 0 Å². The molecule has 0 atom stereocenters. The fourth-order valence-electron chi connectivity index (χ4n) is 1.63. The van der Waals surface area contributed by atoms with Crippen LogP contribution in [0.2, 0.25) is 0 Å². The summed E-state index contributed by atoms with van der Waals surface area (Å²) < 4.78 is 0. The van der Waals surface area contributed by atoms with Crippen LogP contribution in [0.1, 0.15) is 24.3 Å². The number of nitrogens with zero attached hydrogens (tertiary/aromatic N) is 1. The molecule has 1 aliphatic heterocycles. The van der Waals surface area contributed by atoms with Crippen LogP contribution in [0.3, 0.4) is 0 Å². The first-order chi connectivity index (χ1) is 6.75. The van der Waals surface area contributed by atoms with Crippen molar-refractivity contribution in [3.63, 3.8) is 0 Å². The predicted octanol–water partition coefficient (Wildman–Crippen LogP) is 0.602. The molecule has 0 radical (unpaired) electrons. The molecule has 2 rings (SSSR count). The van der Waals surface area contributed by atoms with E-state index in [0.29, 0.717) is 12.8 Å². The second-order valence-electron chi connectivity index (χ2n) is 3.36. The summed E-state index contributed by atoms with van der Waals surface area (Å²) in [5.41, 5.74) is 0.954. The Hall–Kier alpha value is -1.71. The van der Waals surface area contributed by atoms with Crippen LogP contribution in [0.25, 0.3) is 0 Å². The van der Waals surface area contributed by atoms with Gasteiger partial charge in [0, 0.05) is 31.2 Å². The van der Waals surface area contributed by atoms with Crippen LogP contribution in [0.5, 0.6) is 0 Å². The number of piperidine rings is 1. The number of carbonyl (C=O) groups excluding carboxylic acids is 2. The lowest BCUT2D eigenvalue weighted by molar-refractivity contribution is -0.133. The second kappa shape index (κ2) is 3.57. The molecule has 1 aliphatic rings. The number of hydrogen-bond acceptors (Lipinski definition) is 3. The maximum atomic E-state index is 11.1. The zero-order valence-corrected chi connectivity index (χ0v) is 7.56. The molecule has 1 fully saturated rings. The van der Waals surface area contributed by atoms with E-state index in [9.17, 15) is 9.59 Å². The van der Waals surface area contributed by atoms with E-state index >= 15 is 0 Å². The van der Waals surface area contributed by atoms with Gasteiger partial charge in [0.05, 0.1) is 0 Å². The molecular formula is C10H10N2O2. The van der Waals surface area contributed by atoms with E-state index in [-0.39, 0.29) is 17.7 Å². The Kier molecular flexibility index (Phi) is 2.26. The quantitative estimate of drug-likeness (QED) is 0.660. The zero-order valence-electron chi connectivity index (χ0n) is 7.56. The number of imide groups is 1. The highest BCUT2D eigenvalue weighted by atomic mass is 16.2. The van der Waals surface area contributed by atoms with Gasteiger partial charge in [0.2, 0.25) is 11.8 Å². The molecule has 2 heterocycles. The van der Waals surface area contributed by atoms with E-state index in [0.717, 1.165) is 5.56 Å². The summed E-state index contributed by atoms with van der Waals surface area (Å²) >= 11 is 0. The summed E-state index contributed by atoms with van der Waals surface area (Å²) in [5.74, 6) is -0.407. The molecule has 0 aliphatic carbocycles. The Morgan fingerprint density at radius 3 is 2.57 bits per heavy atom. The lowest BCUT2D eigenvalue weighted by Crippen LogP contribution is -2.37. The van der Waals surface area contributed by atoms with Gasteiger partial charge in [-0.25, -0.2) is 0 Å². The monoisotopic (exact) mass is 190 g/mol. The average Bonchev–Trinajstić information content (AvgIpc) is 2.18. The van der Waals surface area contributed by atoms with Crippen LogP contribution in [-0.4, -0.2) is 16.8 Å². The topological polar surface area (TPSA) is 59.1 Å². The van der Waals surface area contributed by atoms with Gasteiger partial charge in [-0.2, -0.15) is 0 Å². The molecule has 1 aromatic rings. The average molecular weight is 190 g/mol. The number of carbonyl (C=O) groups is 2. The van der Waals surface area contributed by atoms with E-state index < -0.39 is 0 Å². The van der Waals surface area contributed by atoms with Crippen LogP contribution in [0.4, 0.5) is 0 Å². The molecule has 0 unspecified atom stereocenters. The molecule has 0 aromatic carbocycles. The van der Waals surface area contributed by atoms with Crippen molar-refractivity contribution in [2.75, 3.05) is 0 Å². The molecule has 2 amide bonds. The minimum Gasteiger partial charge on any atom is -0.296 e. The molecule has 14 heavy (non-hydrogen) atoms. The number of nitrogens with one attached hydrogen (secondary N) is 1. The van der Waals surface area contributed by atoms with E-state index in [4.69, 9.17) is 0 Å². The van der Waals surface area contributed by atoms with Crippen molar-refractivity contribution in [2.45, 2.75) is 18.8 Å². The maximum Gasteiger partial charge on any atom is 0.227 e. The van der Waals surface area contributed by atoms with Gasteiger partial charge in [-0.3, -0.25) is 19.9 Å². The van der Waals surface area contributed by atoms with Crippen molar-refractivity contribution in [1.82, 2.24) is 10.3 Å². The first-order valence-corrected chi connectivity index (χ1v) is 4.48. The van der Waals surface area contributed by atoms with Crippen LogP contribution in [0.15, 0.2) is 24.5 Å². The number of aromatic nitrogens is 1. The molecule has 0 spiro atoms. The zero-order chi connectivity index (χ0) is 9.97. The smallest absolute Gasteiger partial charge is 0.227 e. The predicted molar refractivity (Wildman–Crippen MR) is 49.4 cm³/mol. The van der Waals surface area contributed by atoms with Gasteiger partial charge in [0.25, 0.3) is 0 Å². The normalized spacial score (nSPS) is 18.0. The Morgan fingerprint density at radius 1 is 1.29 bits per heavy atom. The number of amides is 2. The molecule has 1 N–H and O–H groups in total. The van der Waals surface area contributed by atoms with Crippen LogP contribution in [-0.2, 0) is 9.59 Å². The first kappa shape index (κ1) is 8.87. The van der Waals surface area contributed by atoms with Gasteiger partial charge in [-0.05, 0) is 11.6 Å². The lowest BCUT2D eigenvalue weighted by Gasteiger charge is -2.20. The van der Waals surface area contributed by atoms with E-state index in [1.54, 1.807) is 12.4 Å². The van der Waals surface area contributed by atoms with Gasteiger partial charge in [-0.15, -0.1) is 0 Å². The highest BCUT2D eigenvalue weighted by Crippen LogP contribution is 2.24. The minimum absolute atomic E-state index is 0.00931. The second-order valence-corrected chi connectivity index (χ2v) is 3.36.